The number of para-hydroxylation sites is 4. The standard InChI is InChI=1S/C52H39N4O.Pt/c1-36(2)31-37-29-30-53-51(32-37)56-47-24-10-9-21-45(47)46-28-27-42(34-50(46)56)57-41-20-13-19-40(33-41)54-35-55(49-26-12-11-25-48(49)54)52-43(38-15-5-3-6-16-38)22-14-23-44(52)39-17-7-4-8-18-39;/h3-30,32,35-36H,31H2,1-2H3;/q-3;. The number of rotatable bonds is 9. The molecule has 1 aliphatic heterocycles. The molecule has 6 heteroatoms. The van der Waals surface area contributed by atoms with Crippen molar-refractivity contribution in [2.24, 2.45) is 5.92 Å². The molecule has 0 aliphatic carbocycles. The summed E-state index contributed by atoms with van der Waals surface area (Å²) in [5.74, 6) is 2.62. The zero-order valence-corrected chi connectivity index (χ0v) is 34.4. The van der Waals surface area contributed by atoms with E-state index < -0.39 is 0 Å². The van der Waals surface area contributed by atoms with Gasteiger partial charge in [0.25, 0.3) is 0 Å². The quantitative estimate of drug-likeness (QED) is 0.135. The summed E-state index contributed by atoms with van der Waals surface area (Å²) in [5.41, 5.74) is 12.0. The van der Waals surface area contributed by atoms with Gasteiger partial charge in [-0.25, -0.2) is 4.98 Å². The number of nitrogens with zero attached hydrogens (tertiary/aromatic N) is 4. The molecule has 0 amide bonds. The minimum Gasteiger partial charge on any atom is -0.509 e. The molecule has 0 spiro atoms. The second kappa shape index (κ2) is 15.8. The first-order valence-electron chi connectivity index (χ1n) is 19.5. The molecule has 0 bridgehead atoms. The van der Waals surface area contributed by atoms with Crippen LogP contribution in [0.2, 0.25) is 0 Å². The van der Waals surface area contributed by atoms with E-state index in [1.54, 1.807) is 0 Å². The first-order chi connectivity index (χ1) is 28.1. The predicted octanol–water partition coefficient (Wildman–Crippen LogP) is 13.5. The van der Waals surface area contributed by atoms with Gasteiger partial charge in [0, 0.05) is 72.5 Å². The molecule has 3 heterocycles. The normalized spacial score (nSPS) is 12.3. The van der Waals surface area contributed by atoms with Crippen LogP contribution in [0.5, 0.6) is 11.5 Å². The third-order valence-electron chi connectivity index (χ3n) is 10.6. The summed E-state index contributed by atoms with van der Waals surface area (Å²) < 4.78 is 8.80. The van der Waals surface area contributed by atoms with Gasteiger partial charge < -0.3 is 19.1 Å². The Labute approximate surface area is 354 Å². The van der Waals surface area contributed by atoms with E-state index in [9.17, 15) is 0 Å². The third-order valence-corrected chi connectivity index (χ3v) is 10.6. The van der Waals surface area contributed by atoms with Gasteiger partial charge >= 0.3 is 0 Å². The van der Waals surface area contributed by atoms with E-state index in [-0.39, 0.29) is 21.1 Å². The Bertz CT molecular complexity index is 2830. The van der Waals surface area contributed by atoms with Crippen LogP contribution in [0.25, 0.3) is 49.9 Å². The number of fused-ring (bicyclic) bond motifs is 4. The van der Waals surface area contributed by atoms with Gasteiger partial charge in [-0.05, 0) is 64.7 Å². The van der Waals surface area contributed by atoms with Gasteiger partial charge in [-0.2, -0.15) is 12.1 Å². The maximum absolute atomic E-state index is 6.60. The molecule has 5 nitrogen and oxygen atoms in total. The molecule has 10 rings (SSSR count). The molecule has 0 unspecified atom stereocenters. The van der Waals surface area contributed by atoms with Crippen LogP contribution in [0.3, 0.4) is 0 Å². The van der Waals surface area contributed by atoms with Crippen LogP contribution in [0, 0.1) is 24.7 Å². The van der Waals surface area contributed by atoms with Crippen molar-refractivity contribution in [3.05, 3.63) is 200 Å². The Kier molecular flexibility index (Phi) is 10.2. The second-order valence-corrected chi connectivity index (χ2v) is 14.8. The van der Waals surface area contributed by atoms with Gasteiger partial charge in [0.15, 0.2) is 0 Å². The molecule has 58 heavy (non-hydrogen) atoms. The summed E-state index contributed by atoms with van der Waals surface area (Å²) in [7, 11) is 0. The van der Waals surface area contributed by atoms with E-state index in [0.29, 0.717) is 17.4 Å². The number of benzene rings is 7. The van der Waals surface area contributed by atoms with Gasteiger partial charge in [-0.3, -0.25) is 0 Å². The molecule has 2 aromatic heterocycles. The maximum atomic E-state index is 6.60. The number of hydrogen-bond acceptors (Lipinski definition) is 4. The largest absolute Gasteiger partial charge is 0.509 e. The van der Waals surface area contributed by atoms with E-state index in [2.05, 4.69) is 199 Å². The summed E-state index contributed by atoms with van der Waals surface area (Å²) in [6, 6.07) is 66.5. The molecule has 0 saturated heterocycles. The van der Waals surface area contributed by atoms with Crippen LogP contribution in [0.1, 0.15) is 19.4 Å². The first kappa shape index (κ1) is 37.2. The minimum atomic E-state index is 0. The van der Waals surface area contributed by atoms with Gasteiger partial charge in [0.1, 0.15) is 5.82 Å². The molecule has 0 radical (unpaired) electrons. The van der Waals surface area contributed by atoms with Crippen LogP contribution in [-0.2, 0) is 27.5 Å². The Morgan fingerprint density at radius 3 is 1.97 bits per heavy atom. The van der Waals surface area contributed by atoms with Gasteiger partial charge in [0.05, 0.1) is 0 Å². The average Bonchev–Trinajstić information content (AvgIpc) is 3.80. The van der Waals surface area contributed by atoms with Crippen LogP contribution in [0.15, 0.2) is 176 Å². The van der Waals surface area contributed by atoms with Crippen LogP contribution in [0.4, 0.5) is 22.7 Å². The summed E-state index contributed by atoms with van der Waals surface area (Å²) in [6.07, 6.45) is 2.90. The third kappa shape index (κ3) is 6.86. The molecule has 7 aromatic carbocycles. The van der Waals surface area contributed by atoms with Crippen LogP contribution >= 0.6 is 0 Å². The molecule has 1 aliphatic rings. The van der Waals surface area contributed by atoms with Gasteiger partial charge in [-0.15, -0.1) is 48.1 Å². The molecule has 0 saturated carbocycles. The van der Waals surface area contributed by atoms with Gasteiger partial charge in [-0.1, -0.05) is 129 Å². The van der Waals surface area contributed by atoms with Crippen molar-refractivity contribution in [3.63, 3.8) is 0 Å². The second-order valence-electron chi connectivity index (χ2n) is 14.8. The zero-order chi connectivity index (χ0) is 38.3. The predicted molar refractivity (Wildman–Crippen MR) is 234 cm³/mol. The Morgan fingerprint density at radius 1 is 0.603 bits per heavy atom. The molecule has 0 atom stereocenters. The van der Waals surface area contributed by atoms with Crippen molar-refractivity contribution in [1.82, 2.24) is 9.55 Å². The van der Waals surface area contributed by atoms with E-state index in [1.165, 1.54) is 5.56 Å². The van der Waals surface area contributed by atoms with Crippen molar-refractivity contribution < 1.29 is 25.8 Å². The number of aromatic nitrogens is 2. The number of hydrogen-bond donors (Lipinski definition) is 0. The fourth-order valence-electron chi connectivity index (χ4n) is 8.09. The van der Waals surface area contributed by atoms with Crippen molar-refractivity contribution in [2.45, 2.75) is 20.3 Å². The van der Waals surface area contributed by atoms with E-state index in [1.807, 2.05) is 24.4 Å². The van der Waals surface area contributed by atoms with Crippen molar-refractivity contribution in [3.8, 4) is 39.6 Å². The number of pyridine rings is 1. The van der Waals surface area contributed by atoms with Crippen LogP contribution < -0.4 is 14.5 Å². The monoisotopic (exact) mass is 930 g/mol. The zero-order valence-electron chi connectivity index (χ0n) is 32.1. The summed E-state index contributed by atoms with van der Waals surface area (Å²) >= 11 is 0. The molecule has 286 valence electrons. The number of ether oxygens (including phenoxy) is 1. The Morgan fingerprint density at radius 2 is 1.24 bits per heavy atom. The van der Waals surface area contributed by atoms with Crippen molar-refractivity contribution in [2.75, 3.05) is 9.80 Å². The Balaban J connectivity index is 0.00000436. The first-order valence-corrected chi connectivity index (χ1v) is 19.5. The van der Waals surface area contributed by atoms with E-state index in [0.717, 1.165) is 79.0 Å². The SMILES string of the molecule is CC(C)Cc1ccnc(-n2c3[c-]c(Oc4[c-]c(N5[CH-]N(c6c(-c7ccccc7)cccc6-c6ccccc6)c6ccccc65)ccc4)ccc3c3ccccc32)c1.[Pt]. The average molecular weight is 931 g/mol. The molecule has 0 N–H and O–H groups in total. The molecule has 0 fully saturated rings. The molecule has 9 aromatic rings. The summed E-state index contributed by atoms with van der Waals surface area (Å²) in [6.45, 7) is 6.66. The fraction of sp³-hybridized carbons (Fsp3) is 0.0769. The topological polar surface area (TPSA) is 33.5 Å². The number of anilines is 4. The van der Waals surface area contributed by atoms with Crippen LogP contribution in [-0.4, -0.2) is 9.55 Å². The maximum Gasteiger partial charge on any atom is 0.135 e. The smallest absolute Gasteiger partial charge is 0.135 e. The van der Waals surface area contributed by atoms with Crippen molar-refractivity contribution in [1.29, 1.82) is 0 Å². The minimum absolute atomic E-state index is 0. The summed E-state index contributed by atoms with van der Waals surface area (Å²) in [5, 5.41) is 2.25. The van der Waals surface area contributed by atoms with Gasteiger partial charge in [0.2, 0.25) is 0 Å². The molecular formula is C52H39N4OPt-3. The van der Waals surface area contributed by atoms with E-state index in [4.69, 9.17) is 9.72 Å². The fourth-order valence-corrected chi connectivity index (χ4v) is 8.09. The van der Waals surface area contributed by atoms with E-state index >= 15 is 0 Å². The Hall–Kier alpha value is -6.42. The van der Waals surface area contributed by atoms with Crippen molar-refractivity contribution >= 4 is 44.6 Å². The summed E-state index contributed by atoms with van der Waals surface area (Å²) in [4.78, 5) is 9.34. The molecular weight excluding hydrogens is 892 g/mol.